The molecule has 1 spiro atoms. The van der Waals surface area contributed by atoms with Crippen LogP contribution in [-0.4, -0.2) is 11.8 Å². The van der Waals surface area contributed by atoms with Crippen molar-refractivity contribution in [2.75, 3.05) is 0 Å². The monoisotopic (exact) mass is 272 g/mol. The molecule has 20 heavy (non-hydrogen) atoms. The number of benzene rings is 1. The van der Waals surface area contributed by atoms with E-state index in [-0.39, 0.29) is 17.7 Å². The lowest BCUT2D eigenvalue weighted by molar-refractivity contribution is -0.183. The molecule has 2 unspecified atom stereocenters. The minimum Gasteiger partial charge on any atom is -0.456 e. The topological polar surface area (TPSA) is 43.4 Å². The first-order valence-electron chi connectivity index (χ1n) is 7.45. The third-order valence-corrected chi connectivity index (χ3v) is 4.80. The third kappa shape index (κ3) is 1.96. The van der Waals surface area contributed by atoms with Crippen molar-refractivity contribution in [1.29, 1.82) is 0 Å². The second-order valence-electron chi connectivity index (χ2n) is 6.03. The van der Waals surface area contributed by atoms with Gasteiger partial charge in [0.05, 0.1) is 5.92 Å². The maximum absolute atomic E-state index is 12.8. The number of cyclic esters (lactones) is 1. The van der Waals surface area contributed by atoms with Crippen LogP contribution in [0.15, 0.2) is 30.3 Å². The number of ketones is 1. The Bertz CT molecular complexity index is 514. The lowest BCUT2D eigenvalue weighted by Gasteiger charge is -2.42. The SMILES string of the molecule is CC1C(=O)C2(CCCCC2)C(=O)OC1c1ccccc1. The van der Waals surface area contributed by atoms with Gasteiger partial charge < -0.3 is 4.74 Å². The van der Waals surface area contributed by atoms with Crippen molar-refractivity contribution in [3.05, 3.63) is 35.9 Å². The number of ether oxygens (including phenoxy) is 1. The van der Waals surface area contributed by atoms with Crippen molar-refractivity contribution in [3.8, 4) is 0 Å². The van der Waals surface area contributed by atoms with E-state index in [2.05, 4.69) is 0 Å². The normalized spacial score (nSPS) is 29.2. The van der Waals surface area contributed by atoms with Gasteiger partial charge in [0.2, 0.25) is 0 Å². The molecule has 3 heteroatoms. The van der Waals surface area contributed by atoms with E-state index in [4.69, 9.17) is 4.74 Å². The van der Waals surface area contributed by atoms with Crippen molar-refractivity contribution >= 4 is 11.8 Å². The average molecular weight is 272 g/mol. The molecule has 0 amide bonds. The molecule has 2 fully saturated rings. The summed E-state index contributed by atoms with van der Waals surface area (Å²) < 4.78 is 5.69. The number of hydrogen-bond acceptors (Lipinski definition) is 3. The maximum Gasteiger partial charge on any atom is 0.320 e. The van der Waals surface area contributed by atoms with Crippen LogP contribution < -0.4 is 0 Å². The summed E-state index contributed by atoms with van der Waals surface area (Å²) in [7, 11) is 0. The lowest BCUT2D eigenvalue weighted by atomic mass is 9.65. The van der Waals surface area contributed by atoms with E-state index in [9.17, 15) is 9.59 Å². The largest absolute Gasteiger partial charge is 0.456 e. The molecule has 1 heterocycles. The van der Waals surface area contributed by atoms with E-state index in [1.165, 1.54) is 0 Å². The maximum atomic E-state index is 12.8. The fourth-order valence-electron chi connectivity index (χ4n) is 3.61. The summed E-state index contributed by atoms with van der Waals surface area (Å²) in [5, 5.41) is 0. The van der Waals surface area contributed by atoms with E-state index in [1.54, 1.807) is 0 Å². The first kappa shape index (κ1) is 13.3. The third-order valence-electron chi connectivity index (χ3n) is 4.80. The Labute approximate surface area is 119 Å². The van der Waals surface area contributed by atoms with Gasteiger partial charge in [-0.05, 0) is 18.4 Å². The van der Waals surface area contributed by atoms with E-state index in [0.717, 1.165) is 24.8 Å². The Morgan fingerprint density at radius 3 is 2.35 bits per heavy atom. The zero-order chi connectivity index (χ0) is 14.2. The molecule has 2 atom stereocenters. The van der Waals surface area contributed by atoms with Gasteiger partial charge in [0.1, 0.15) is 11.5 Å². The number of Topliss-reactive ketones (excluding diaryl/α,β-unsaturated/α-hetero) is 1. The van der Waals surface area contributed by atoms with Crippen LogP contribution in [0, 0.1) is 11.3 Å². The molecule has 1 saturated carbocycles. The fourth-order valence-corrected chi connectivity index (χ4v) is 3.61. The summed E-state index contributed by atoms with van der Waals surface area (Å²) in [6, 6.07) is 9.57. The molecule has 3 rings (SSSR count). The molecule has 106 valence electrons. The average Bonchev–Trinajstić information content (AvgIpc) is 2.51. The first-order chi connectivity index (χ1) is 9.65. The van der Waals surface area contributed by atoms with Gasteiger partial charge in [0.15, 0.2) is 5.78 Å². The van der Waals surface area contributed by atoms with E-state index in [0.29, 0.717) is 12.8 Å². The van der Waals surface area contributed by atoms with Crippen molar-refractivity contribution in [1.82, 2.24) is 0 Å². The summed E-state index contributed by atoms with van der Waals surface area (Å²) in [5.41, 5.74) is 0.0653. The predicted molar refractivity (Wildman–Crippen MR) is 75.0 cm³/mol. The van der Waals surface area contributed by atoms with Gasteiger partial charge in [-0.2, -0.15) is 0 Å². The predicted octanol–water partition coefficient (Wildman–Crippen LogP) is 3.44. The number of rotatable bonds is 1. The summed E-state index contributed by atoms with van der Waals surface area (Å²) in [6.45, 7) is 1.89. The second-order valence-corrected chi connectivity index (χ2v) is 6.03. The smallest absolute Gasteiger partial charge is 0.320 e. The molecular formula is C17H20O3. The van der Waals surface area contributed by atoms with Crippen LogP contribution in [0.1, 0.15) is 50.7 Å². The number of carbonyl (C=O) groups excluding carboxylic acids is 2. The highest BCUT2D eigenvalue weighted by Crippen LogP contribution is 2.47. The Morgan fingerprint density at radius 1 is 1.05 bits per heavy atom. The van der Waals surface area contributed by atoms with E-state index in [1.807, 2.05) is 37.3 Å². The Balaban J connectivity index is 1.91. The summed E-state index contributed by atoms with van der Waals surface area (Å²) in [5.74, 6) is -0.468. The summed E-state index contributed by atoms with van der Waals surface area (Å²) in [4.78, 5) is 25.3. The van der Waals surface area contributed by atoms with Crippen molar-refractivity contribution in [2.24, 2.45) is 11.3 Å². The summed E-state index contributed by atoms with van der Waals surface area (Å²) in [6.07, 6.45) is 3.91. The number of hydrogen-bond donors (Lipinski definition) is 0. The van der Waals surface area contributed by atoms with Gasteiger partial charge in [0, 0.05) is 0 Å². The molecular weight excluding hydrogens is 252 g/mol. The van der Waals surface area contributed by atoms with Gasteiger partial charge in [-0.3, -0.25) is 9.59 Å². The molecule has 0 bridgehead atoms. The molecule has 2 aliphatic rings. The molecule has 0 aromatic heterocycles. The van der Waals surface area contributed by atoms with Crippen LogP contribution in [0.5, 0.6) is 0 Å². The highest BCUT2D eigenvalue weighted by atomic mass is 16.5. The van der Waals surface area contributed by atoms with Crippen molar-refractivity contribution in [3.63, 3.8) is 0 Å². The molecule has 1 aliphatic carbocycles. The number of carbonyl (C=O) groups is 2. The Hall–Kier alpha value is -1.64. The van der Waals surface area contributed by atoms with E-state index >= 15 is 0 Å². The van der Waals surface area contributed by atoms with Gasteiger partial charge in [-0.1, -0.05) is 56.5 Å². The minimum absolute atomic E-state index is 0.0855. The van der Waals surface area contributed by atoms with Gasteiger partial charge >= 0.3 is 5.97 Å². The molecule has 1 saturated heterocycles. The van der Waals surface area contributed by atoms with Crippen LogP contribution in [0.2, 0.25) is 0 Å². The Morgan fingerprint density at radius 2 is 1.70 bits per heavy atom. The highest BCUT2D eigenvalue weighted by molar-refractivity contribution is 6.06. The van der Waals surface area contributed by atoms with Gasteiger partial charge in [0.25, 0.3) is 0 Å². The minimum atomic E-state index is -0.844. The molecule has 1 aliphatic heterocycles. The molecule has 0 N–H and O–H groups in total. The molecule has 0 radical (unpaired) electrons. The molecule has 3 nitrogen and oxygen atoms in total. The highest BCUT2D eigenvalue weighted by Gasteiger charge is 2.55. The quantitative estimate of drug-likeness (QED) is 0.581. The second kappa shape index (κ2) is 5.04. The molecule has 1 aromatic rings. The molecule has 1 aromatic carbocycles. The zero-order valence-corrected chi connectivity index (χ0v) is 11.8. The number of esters is 1. The standard InChI is InChI=1S/C17H20O3/c1-12-14(13-8-4-2-5-9-13)20-16(19)17(15(12)18)10-6-3-7-11-17/h2,4-5,8-9,12,14H,3,6-7,10-11H2,1H3. The summed E-state index contributed by atoms with van der Waals surface area (Å²) >= 11 is 0. The van der Waals surface area contributed by atoms with Crippen molar-refractivity contribution < 1.29 is 14.3 Å². The van der Waals surface area contributed by atoms with Crippen LogP contribution in [0.3, 0.4) is 0 Å². The Kier molecular flexibility index (Phi) is 3.36. The van der Waals surface area contributed by atoms with Crippen LogP contribution >= 0.6 is 0 Å². The van der Waals surface area contributed by atoms with Crippen molar-refractivity contribution in [2.45, 2.75) is 45.1 Å². The van der Waals surface area contributed by atoms with Gasteiger partial charge in [-0.15, -0.1) is 0 Å². The van der Waals surface area contributed by atoms with E-state index < -0.39 is 11.5 Å². The van der Waals surface area contributed by atoms with Crippen LogP contribution in [0.25, 0.3) is 0 Å². The van der Waals surface area contributed by atoms with Crippen LogP contribution in [-0.2, 0) is 14.3 Å². The van der Waals surface area contributed by atoms with Gasteiger partial charge in [-0.25, -0.2) is 0 Å². The fraction of sp³-hybridized carbons (Fsp3) is 0.529. The zero-order valence-electron chi connectivity index (χ0n) is 11.8. The first-order valence-corrected chi connectivity index (χ1v) is 7.45. The van der Waals surface area contributed by atoms with Crippen LogP contribution in [0.4, 0.5) is 0 Å². The lowest BCUT2D eigenvalue weighted by Crippen LogP contribution is -2.51.